The Kier molecular flexibility index (Phi) is 4.06. The van der Waals surface area contributed by atoms with E-state index in [0.29, 0.717) is 6.42 Å². The summed E-state index contributed by atoms with van der Waals surface area (Å²) in [5.41, 5.74) is 0. The van der Waals surface area contributed by atoms with E-state index in [1.807, 2.05) is 0 Å². The van der Waals surface area contributed by atoms with Crippen LogP contribution in [0.3, 0.4) is 0 Å². The zero-order valence-electron chi connectivity index (χ0n) is 7.72. The van der Waals surface area contributed by atoms with Crippen molar-refractivity contribution >= 4 is 5.78 Å². The predicted octanol–water partition coefficient (Wildman–Crippen LogP) is 3.10. The molecule has 0 atom stereocenters. The zero-order chi connectivity index (χ0) is 8.81. The van der Waals surface area contributed by atoms with Gasteiger partial charge in [0, 0.05) is 6.42 Å². The van der Waals surface area contributed by atoms with Crippen molar-refractivity contribution in [3.8, 4) is 0 Å². The summed E-state index contributed by atoms with van der Waals surface area (Å²) in [4.78, 5) is 10.9. The maximum Gasteiger partial charge on any atom is 0.155 e. The highest BCUT2D eigenvalue weighted by Gasteiger charge is 2.13. The molecule has 1 saturated carbocycles. The van der Waals surface area contributed by atoms with E-state index in [0.717, 1.165) is 12.3 Å². The molecule has 0 aliphatic heterocycles. The van der Waals surface area contributed by atoms with Crippen LogP contribution in [0, 0.1) is 5.92 Å². The Bertz CT molecular complexity index is 154. The molecule has 12 heavy (non-hydrogen) atoms. The molecule has 1 aliphatic rings. The van der Waals surface area contributed by atoms with Gasteiger partial charge in [0.15, 0.2) is 5.78 Å². The number of hydrogen-bond acceptors (Lipinski definition) is 1. The molecular formula is C11H18O. The van der Waals surface area contributed by atoms with Crippen molar-refractivity contribution in [3.63, 3.8) is 0 Å². The molecule has 68 valence electrons. The summed E-state index contributed by atoms with van der Waals surface area (Å²) in [6, 6.07) is 0. The fraction of sp³-hybridized carbons (Fsp3) is 0.727. The first kappa shape index (κ1) is 9.50. The van der Waals surface area contributed by atoms with Crippen molar-refractivity contribution in [2.75, 3.05) is 0 Å². The Morgan fingerprint density at radius 2 is 2.00 bits per heavy atom. The molecule has 0 aromatic carbocycles. The maximum atomic E-state index is 10.9. The van der Waals surface area contributed by atoms with Gasteiger partial charge in [-0.15, -0.1) is 0 Å². The summed E-state index contributed by atoms with van der Waals surface area (Å²) in [5.74, 6) is 1.03. The van der Waals surface area contributed by atoms with Crippen molar-refractivity contribution in [1.82, 2.24) is 0 Å². The van der Waals surface area contributed by atoms with E-state index in [1.165, 1.54) is 38.2 Å². The molecule has 0 unspecified atom stereocenters. The van der Waals surface area contributed by atoms with Crippen LogP contribution >= 0.6 is 0 Å². The molecule has 0 heterocycles. The number of ketones is 1. The fourth-order valence-electron chi connectivity index (χ4n) is 1.92. The number of carbonyl (C=O) groups is 1. The average Bonchev–Trinajstić information content (AvgIpc) is 2.16. The molecule has 1 nitrogen and oxygen atoms in total. The highest BCUT2D eigenvalue weighted by Crippen LogP contribution is 2.27. The second kappa shape index (κ2) is 5.13. The third-order valence-corrected chi connectivity index (χ3v) is 2.75. The second-order valence-electron chi connectivity index (χ2n) is 3.71. The van der Waals surface area contributed by atoms with E-state index in [1.54, 1.807) is 0 Å². The summed E-state index contributed by atoms with van der Waals surface area (Å²) in [5, 5.41) is 0. The van der Waals surface area contributed by atoms with Gasteiger partial charge in [-0.25, -0.2) is 0 Å². The van der Waals surface area contributed by atoms with E-state index in [9.17, 15) is 4.79 Å². The van der Waals surface area contributed by atoms with Gasteiger partial charge in [0.05, 0.1) is 0 Å². The van der Waals surface area contributed by atoms with Gasteiger partial charge in [-0.2, -0.15) is 0 Å². The van der Waals surface area contributed by atoms with Gasteiger partial charge in [-0.3, -0.25) is 4.79 Å². The van der Waals surface area contributed by atoms with Crippen LogP contribution in [0.5, 0.6) is 0 Å². The van der Waals surface area contributed by atoms with E-state index in [2.05, 4.69) is 6.58 Å². The third-order valence-electron chi connectivity index (χ3n) is 2.75. The molecular weight excluding hydrogens is 148 g/mol. The monoisotopic (exact) mass is 166 g/mol. The van der Waals surface area contributed by atoms with Crippen LogP contribution in [0.25, 0.3) is 0 Å². The van der Waals surface area contributed by atoms with E-state index < -0.39 is 0 Å². The van der Waals surface area contributed by atoms with E-state index >= 15 is 0 Å². The molecule has 0 spiro atoms. The first-order chi connectivity index (χ1) is 5.83. The lowest BCUT2D eigenvalue weighted by Gasteiger charge is -2.20. The third kappa shape index (κ3) is 3.21. The predicted molar refractivity (Wildman–Crippen MR) is 51.0 cm³/mol. The fourth-order valence-corrected chi connectivity index (χ4v) is 1.92. The average molecular weight is 166 g/mol. The minimum absolute atomic E-state index is 0.209. The normalized spacial score (nSPS) is 19.0. The summed E-state index contributed by atoms with van der Waals surface area (Å²) in [6.45, 7) is 3.47. The van der Waals surface area contributed by atoms with Crippen LogP contribution in [0.4, 0.5) is 0 Å². The van der Waals surface area contributed by atoms with Gasteiger partial charge in [-0.05, 0) is 18.4 Å². The molecule has 0 aromatic rings. The second-order valence-corrected chi connectivity index (χ2v) is 3.71. The lowest BCUT2D eigenvalue weighted by Crippen LogP contribution is -2.07. The first-order valence-electron chi connectivity index (χ1n) is 4.98. The van der Waals surface area contributed by atoms with Gasteiger partial charge in [-0.1, -0.05) is 38.7 Å². The zero-order valence-corrected chi connectivity index (χ0v) is 7.72. The smallest absolute Gasteiger partial charge is 0.155 e. The molecule has 1 fully saturated rings. The van der Waals surface area contributed by atoms with E-state index in [-0.39, 0.29) is 5.78 Å². The van der Waals surface area contributed by atoms with Crippen LogP contribution in [0.15, 0.2) is 12.7 Å². The van der Waals surface area contributed by atoms with Crippen molar-refractivity contribution in [3.05, 3.63) is 12.7 Å². The number of hydrogen-bond donors (Lipinski definition) is 0. The van der Waals surface area contributed by atoms with Crippen molar-refractivity contribution in [2.24, 2.45) is 5.92 Å². The Balaban J connectivity index is 2.12. The van der Waals surface area contributed by atoms with Gasteiger partial charge in [0.1, 0.15) is 0 Å². The van der Waals surface area contributed by atoms with Gasteiger partial charge in [0.2, 0.25) is 0 Å². The molecule has 0 radical (unpaired) electrons. The molecule has 0 amide bonds. The Labute approximate surface area is 74.9 Å². The summed E-state index contributed by atoms with van der Waals surface area (Å²) < 4.78 is 0. The lowest BCUT2D eigenvalue weighted by molar-refractivity contribution is -0.114. The van der Waals surface area contributed by atoms with Crippen LogP contribution in [-0.4, -0.2) is 5.78 Å². The van der Waals surface area contributed by atoms with Crippen molar-refractivity contribution < 1.29 is 4.79 Å². The minimum Gasteiger partial charge on any atom is -0.295 e. The van der Waals surface area contributed by atoms with Crippen LogP contribution in [-0.2, 0) is 4.79 Å². The Morgan fingerprint density at radius 3 is 2.58 bits per heavy atom. The molecule has 1 rings (SSSR count). The molecule has 1 heteroatoms. The standard InChI is InChI=1S/C11H18O/c1-2-11(12)9-8-10-6-4-3-5-7-10/h2,10H,1,3-9H2. The molecule has 0 bridgehead atoms. The van der Waals surface area contributed by atoms with Crippen molar-refractivity contribution in [1.29, 1.82) is 0 Å². The SMILES string of the molecule is C=CC(=O)CCC1CCCCC1. The summed E-state index contributed by atoms with van der Waals surface area (Å²) >= 11 is 0. The van der Waals surface area contributed by atoms with Crippen LogP contribution < -0.4 is 0 Å². The minimum atomic E-state index is 0.209. The Hall–Kier alpha value is -0.590. The Morgan fingerprint density at radius 1 is 1.33 bits per heavy atom. The largest absolute Gasteiger partial charge is 0.295 e. The maximum absolute atomic E-state index is 10.9. The first-order valence-corrected chi connectivity index (χ1v) is 4.98. The van der Waals surface area contributed by atoms with Gasteiger partial charge >= 0.3 is 0 Å². The van der Waals surface area contributed by atoms with Crippen LogP contribution in [0.1, 0.15) is 44.9 Å². The highest BCUT2D eigenvalue weighted by molar-refractivity contribution is 5.88. The summed E-state index contributed by atoms with van der Waals surface area (Å²) in [6.07, 6.45) is 10.1. The van der Waals surface area contributed by atoms with E-state index in [4.69, 9.17) is 0 Å². The highest BCUT2D eigenvalue weighted by atomic mass is 16.1. The quantitative estimate of drug-likeness (QED) is 0.586. The topological polar surface area (TPSA) is 17.1 Å². The number of allylic oxidation sites excluding steroid dienone is 1. The lowest BCUT2D eigenvalue weighted by atomic mass is 9.86. The molecule has 0 saturated heterocycles. The number of rotatable bonds is 4. The van der Waals surface area contributed by atoms with Gasteiger partial charge < -0.3 is 0 Å². The molecule has 1 aliphatic carbocycles. The molecule has 0 N–H and O–H groups in total. The van der Waals surface area contributed by atoms with Crippen molar-refractivity contribution in [2.45, 2.75) is 44.9 Å². The van der Waals surface area contributed by atoms with Gasteiger partial charge in [0.25, 0.3) is 0 Å². The molecule has 0 aromatic heterocycles. The number of carbonyl (C=O) groups excluding carboxylic acids is 1. The summed E-state index contributed by atoms with van der Waals surface area (Å²) in [7, 11) is 0. The van der Waals surface area contributed by atoms with Crippen LogP contribution in [0.2, 0.25) is 0 Å².